The average Bonchev–Trinajstić information content (AvgIpc) is 2.36. The number of phenolic OH excluding ortho intramolecular Hbond substituents is 1. The molecule has 0 amide bonds. The van der Waals surface area contributed by atoms with Crippen LogP contribution in [0.25, 0.3) is 0 Å². The summed E-state index contributed by atoms with van der Waals surface area (Å²) >= 11 is 3.49. The van der Waals surface area contributed by atoms with Gasteiger partial charge in [-0.05, 0) is 50.4 Å². The van der Waals surface area contributed by atoms with Gasteiger partial charge in [-0.3, -0.25) is 0 Å². The molecular formula is C15H22BrNO2. The van der Waals surface area contributed by atoms with Crippen LogP contribution < -0.4 is 0 Å². The fraction of sp³-hybridized carbons (Fsp3) is 0.600. The van der Waals surface area contributed by atoms with Crippen molar-refractivity contribution in [2.75, 3.05) is 26.8 Å². The Morgan fingerprint density at radius 3 is 2.95 bits per heavy atom. The Balaban J connectivity index is 1.96. The molecule has 106 valence electrons. The summed E-state index contributed by atoms with van der Waals surface area (Å²) in [6, 6.07) is 3.93. The molecule has 1 aliphatic heterocycles. The summed E-state index contributed by atoms with van der Waals surface area (Å²) in [7, 11) is 2.10. The van der Waals surface area contributed by atoms with Crippen LogP contribution in [0.3, 0.4) is 0 Å². The van der Waals surface area contributed by atoms with Gasteiger partial charge in [0.25, 0.3) is 0 Å². The molecule has 1 aliphatic rings. The third kappa shape index (κ3) is 4.20. The van der Waals surface area contributed by atoms with Crippen molar-refractivity contribution in [2.24, 2.45) is 5.92 Å². The standard InChI is InChI=1S/C15H22BrNO2/c1-11-6-14(16)7-13(15(11)18)9-17(2)8-12-4-3-5-19-10-12/h6-7,12,18H,3-5,8-10H2,1-2H3. The molecule has 1 saturated heterocycles. The molecule has 0 saturated carbocycles. The van der Waals surface area contributed by atoms with Crippen LogP contribution in [0, 0.1) is 12.8 Å². The van der Waals surface area contributed by atoms with Crippen molar-refractivity contribution in [3.8, 4) is 5.75 Å². The lowest BCUT2D eigenvalue weighted by Gasteiger charge is -2.27. The first kappa shape index (κ1) is 14.8. The van der Waals surface area contributed by atoms with Crippen LogP contribution >= 0.6 is 15.9 Å². The molecule has 19 heavy (non-hydrogen) atoms. The molecule has 4 heteroatoms. The number of halogens is 1. The number of aryl methyl sites for hydroxylation is 1. The highest BCUT2D eigenvalue weighted by Gasteiger charge is 2.17. The van der Waals surface area contributed by atoms with Gasteiger partial charge in [0.15, 0.2) is 0 Å². The third-order valence-electron chi connectivity index (χ3n) is 3.61. The molecule has 1 aromatic rings. The topological polar surface area (TPSA) is 32.7 Å². The molecule has 1 heterocycles. The quantitative estimate of drug-likeness (QED) is 0.920. The first-order chi connectivity index (χ1) is 9.06. The maximum absolute atomic E-state index is 10.1. The Bertz CT molecular complexity index is 430. The minimum Gasteiger partial charge on any atom is -0.507 e. The monoisotopic (exact) mass is 327 g/mol. The largest absolute Gasteiger partial charge is 0.507 e. The van der Waals surface area contributed by atoms with Gasteiger partial charge in [0.2, 0.25) is 0 Å². The lowest BCUT2D eigenvalue weighted by molar-refractivity contribution is 0.0411. The van der Waals surface area contributed by atoms with Gasteiger partial charge in [0.1, 0.15) is 5.75 Å². The summed E-state index contributed by atoms with van der Waals surface area (Å²) in [6.45, 7) is 5.49. The van der Waals surface area contributed by atoms with E-state index in [2.05, 4.69) is 27.9 Å². The summed E-state index contributed by atoms with van der Waals surface area (Å²) in [4.78, 5) is 2.26. The van der Waals surface area contributed by atoms with E-state index in [1.165, 1.54) is 12.8 Å². The summed E-state index contributed by atoms with van der Waals surface area (Å²) in [6.07, 6.45) is 2.41. The molecular weight excluding hydrogens is 306 g/mol. The molecule has 3 nitrogen and oxygen atoms in total. The van der Waals surface area contributed by atoms with Crippen molar-refractivity contribution in [1.29, 1.82) is 0 Å². The van der Waals surface area contributed by atoms with Gasteiger partial charge in [-0.1, -0.05) is 15.9 Å². The minimum absolute atomic E-state index is 0.412. The number of hydrogen-bond acceptors (Lipinski definition) is 3. The lowest BCUT2D eigenvalue weighted by atomic mass is 10.0. The second-order valence-corrected chi connectivity index (χ2v) is 6.43. The van der Waals surface area contributed by atoms with Crippen LogP contribution in [-0.4, -0.2) is 36.8 Å². The highest BCUT2D eigenvalue weighted by Crippen LogP contribution is 2.28. The zero-order valence-corrected chi connectivity index (χ0v) is 13.2. The van der Waals surface area contributed by atoms with Gasteiger partial charge in [-0.25, -0.2) is 0 Å². The number of hydrogen-bond donors (Lipinski definition) is 1. The second-order valence-electron chi connectivity index (χ2n) is 5.51. The number of phenols is 1. The summed E-state index contributed by atoms with van der Waals surface area (Å²) in [5, 5.41) is 10.1. The minimum atomic E-state index is 0.412. The predicted molar refractivity (Wildman–Crippen MR) is 80.4 cm³/mol. The molecule has 0 aliphatic carbocycles. The van der Waals surface area contributed by atoms with E-state index in [-0.39, 0.29) is 0 Å². The Hall–Kier alpha value is -0.580. The van der Waals surface area contributed by atoms with E-state index in [0.29, 0.717) is 11.7 Å². The van der Waals surface area contributed by atoms with Crippen LogP contribution in [-0.2, 0) is 11.3 Å². The summed E-state index contributed by atoms with van der Waals surface area (Å²) in [5.74, 6) is 1.03. The molecule has 1 unspecified atom stereocenters. The van der Waals surface area contributed by atoms with E-state index in [1.54, 1.807) is 0 Å². The fourth-order valence-electron chi connectivity index (χ4n) is 2.67. The molecule has 2 rings (SSSR count). The van der Waals surface area contributed by atoms with Crippen molar-refractivity contribution < 1.29 is 9.84 Å². The number of benzene rings is 1. The van der Waals surface area contributed by atoms with Crippen LogP contribution in [0.2, 0.25) is 0 Å². The van der Waals surface area contributed by atoms with Crippen molar-refractivity contribution in [1.82, 2.24) is 4.90 Å². The van der Waals surface area contributed by atoms with Gasteiger partial charge < -0.3 is 14.7 Å². The molecule has 1 N–H and O–H groups in total. The zero-order valence-electron chi connectivity index (χ0n) is 11.7. The van der Waals surface area contributed by atoms with E-state index in [1.807, 2.05) is 19.1 Å². The number of aromatic hydroxyl groups is 1. The van der Waals surface area contributed by atoms with E-state index < -0.39 is 0 Å². The second kappa shape index (κ2) is 6.73. The Morgan fingerprint density at radius 1 is 1.47 bits per heavy atom. The number of nitrogens with zero attached hydrogens (tertiary/aromatic N) is 1. The van der Waals surface area contributed by atoms with Crippen LogP contribution in [0.1, 0.15) is 24.0 Å². The molecule has 0 aromatic heterocycles. The Morgan fingerprint density at radius 2 is 2.26 bits per heavy atom. The molecule has 0 radical (unpaired) electrons. The predicted octanol–water partition coefficient (Wildman–Crippen LogP) is 3.32. The molecule has 1 aromatic carbocycles. The lowest BCUT2D eigenvalue weighted by Crippen LogP contribution is -2.30. The number of ether oxygens (including phenoxy) is 1. The van der Waals surface area contributed by atoms with E-state index >= 15 is 0 Å². The summed E-state index contributed by atoms with van der Waals surface area (Å²) < 4.78 is 6.53. The van der Waals surface area contributed by atoms with Gasteiger partial charge in [0, 0.05) is 29.7 Å². The van der Waals surface area contributed by atoms with Gasteiger partial charge in [-0.2, -0.15) is 0 Å². The Labute approximate surface area is 123 Å². The molecule has 1 atom stereocenters. The summed E-state index contributed by atoms with van der Waals surface area (Å²) in [5.41, 5.74) is 1.89. The van der Waals surface area contributed by atoms with Crippen molar-refractivity contribution in [2.45, 2.75) is 26.3 Å². The first-order valence-electron chi connectivity index (χ1n) is 6.80. The van der Waals surface area contributed by atoms with Gasteiger partial charge in [0.05, 0.1) is 6.61 Å². The van der Waals surface area contributed by atoms with Crippen molar-refractivity contribution in [3.63, 3.8) is 0 Å². The SMILES string of the molecule is Cc1cc(Br)cc(CN(C)CC2CCCOC2)c1O. The third-order valence-corrected chi connectivity index (χ3v) is 4.07. The number of rotatable bonds is 4. The van der Waals surface area contributed by atoms with Crippen LogP contribution in [0.4, 0.5) is 0 Å². The molecule has 0 spiro atoms. The van der Waals surface area contributed by atoms with Crippen molar-refractivity contribution >= 4 is 15.9 Å². The van der Waals surface area contributed by atoms with Crippen molar-refractivity contribution in [3.05, 3.63) is 27.7 Å². The van der Waals surface area contributed by atoms with Gasteiger partial charge in [-0.15, -0.1) is 0 Å². The highest BCUT2D eigenvalue weighted by molar-refractivity contribution is 9.10. The molecule has 0 bridgehead atoms. The smallest absolute Gasteiger partial charge is 0.123 e. The van der Waals surface area contributed by atoms with Gasteiger partial charge >= 0.3 is 0 Å². The van der Waals surface area contributed by atoms with E-state index in [4.69, 9.17) is 4.74 Å². The highest BCUT2D eigenvalue weighted by atomic mass is 79.9. The maximum atomic E-state index is 10.1. The molecule has 1 fully saturated rings. The van der Waals surface area contributed by atoms with E-state index in [9.17, 15) is 5.11 Å². The Kier molecular flexibility index (Phi) is 5.25. The first-order valence-corrected chi connectivity index (χ1v) is 7.60. The maximum Gasteiger partial charge on any atom is 0.123 e. The van der Waals surface area contributed by atoms with Crippen LogP contribution in [0.5, 0.6) is 5.75 Å². The fourth-order valence-corrected chi connectivity index (χ4v) is 3.29. The normalized spacial score (nSPS) is 19.9. The van der Waals surface area contributed by atoms with Crippen LogP contribution in [0.15, 0.2) is 16.6 Å². The zero-order chi connectivity index (χ0) is 13.8. The van der Waals surface area contributed by atoms with E-state index in [0.717, 1.165) is 41.9 Å². The average molecular weight is 328 g/mol.